The van der Waals surface area contributed by atoms with E-state index in [1.807, 2.05) is 23.0 Å². The van der Waals surface area contributed by atoms with Crippen molar-refractivity contribution >= 4 is 5.69 Å². The molecule has 1 atom stereocenters. The van der Waals surface area contributed by atoms with Gasteiger partial charge in [0.15, 0.2) is 0 Å². The van der Waals surface area contributed by atoms with E-state index in [-0.39, 0.29) is 17.4 Å². The van der Waals surface area contributed by atoms with Crippen LogP contribution < -0.4 is 10.2 Å². The van der Waals surface area contributed by atoms with Crippen LogP contribution in [0.4, 0.5) is 10.1 Å². The summed E-state index contributed by atoms with van der Waals surface area (Å²) in [5.74, 6) is -0.133. The molecule has 0 saturated carbocycles. The van der Waals surface area contributed by atoms with E-state index in [9.17, 15) is 4.39 Å². The Labute approximate surface area is 162 Å². The number of hydrogen-bond donors (Lipinski definition) is 1. The summed E-state index contributed by atoms with van der Waals surface area (Å²) in [5.41, 5.74) is 2.79. The Morgan fingerprint density at radius 3 is 2.48 bits per heavy atom. The highest BCUT2D eigenvalue weighted by atomic mass is 19.1. The number of anilines is 1. The first kappa shape index (κ1) is 19.8. The fourth-order valence-corrected chi connectivity index (χ4v) is 3.30. The second-order valence-corrected chi connectivity index (χ2v) is 8.57. The molecular formula is C21H32FN5. The van der Waals surface area contributed by atoms with Gasteiger partial charge in [0, 0.05) is 50.5 Å². The molecule has 148 valence electrons. The highest BCUT2D eigenvalue weighted by Gasteiger charge is 2.19. The quantitative estimate of drug-likeness (QED) is 0.872. The zero-order chi connectivity index (χ0) is 19.6. The molecule has 3 rings (SSSR count). The minimum atomic E-state index is -0.133. The van der Waals surface area contributed by atoms with E-state index in [4.69, 9.17) is 0 Å². The van der Waals surface area contributed by atoms with Gasteiger partial charge in [-0.05, 0) is 52.4 Å². The summed E-state index contributed by atoms with van der Waals surface area (Å²) in [7, 11) is 2.11. The lowest BCUT2D eigenvalue weighted by Crippen LogP contribution is -2.44. The van der Waals surface area contributed by atoms with Crippen molar-refractivity contribution in [2.75, 3.05) is 38.1 Å². The van der Waals surface area contributed by atoms with Gasteiger partial charge in [-0.1, -0.05) is 6.07 Å². The average Bonchev–Trinajstić information content (AvgIpc) is 3.10. The summed E-state index contributed by atoms with van der Waals surface area (Å²) in [6, 6.07) is 5.70. The molecule has 1 fully saturated rings. The molecular weight excluding hydrogens is 341 g/mol. The van der Waals surface area contributed by atoms with Crippen LogP contribution in [0.1, 0.15) is 44.9 Å². The van der Waals surface area contributed by atoms with Crippen molar-refractivity contribution in [3.63, 3.8) is 0 Å². The number of piperazine rings is 1. The number of nitrogens with zero attached hydrogens (tertiary/aromatic N) is 4. The Kier molecular flexibility index (Phi) is 5.86. The van der Waals surface area contributed by atoms with Crippen LogP contribution in [0, 0.1) is 5.82 Å². The summed E-state index contributed by atoms with van der Waals surface area (Å²) >= 11 is 0. The fourth-order valence-electron chi connectivity index (χ4n) is 3.30. The topological polar surface area (TPSA) is 36.3 Å². The van der Waals surface area contributed by atoms with Gasteiger partial charge >= 0.3 is 0 Å². The zero-order valence-electron chi connectivity index (χ0n) is 17.2. The Balaban J connectivity index is 1.61. The van der Waals surface area contributed by atoms with E-state index in [1.54, 1.807) is 6.07 Å². The fraction of sp³-hybridized carbons (Fsp3) is 0.571. The summed E-state index contributed by atoms with van der Waals surface area (Å²) in [6.45, 7) is 12.9. The van der Waals surface area contributed by atoms with E-state index < -0.39 is 0 Å². The lowest BCUT2D eigenvalue weighted by Gasteiger charge is -2.34. The molecule has 1 saturated heterocycles. The molecule has 2 heterocycles. The molecule has 1 N–H and O–H groups in total. The number of likely N-dealkylation sites (N-methyl/N-ethyl adjacent to an activating group) is 1. The maximum absolute atomic E-state index is 14.7. The molecule has 0 aliphatic carbocycles. The molecule has 5 nitrogen and oxygen atoms in total. The first-order valence-corrected chi connectivity index (χ1v) is 9.74. The number of aromatic nitrogens is 2. The van der Waals surface area contributed by atoms with Crippen LogP contribution in [0.5, 0.6) is 0 Å². The SMILES string of the molecule is CC(NCc1cnn(C(C)(C)C)c1)c1ccc(N2CCN(C)CC2)c(F)c1. The van der Waals surface area contributed by atoms with Crippen LogP contribution in [0.15, 0.2) is 30.6 Å². The van der Waals surface area contributed by atoms with Crippen molar-refractivity contribution in [1.29, 1.82) is 0 Å². The van der Waals surface area contributed by atoms with Crippen LogP contribution in [0.2, 0.25) is 0 Å². The van der Waals surface area contributed by atoms with Crippen molar-refractivity contribution in [2.45, 2.75) is 45.8 Å². The van der Waals surface area contributed by atoms with Crippen molar-refractivity contribution in [2.24, 2.45) is 0 Å². The van der Waals surface area contributed by atoms with Crippen LogP contribution in [-0.2, 0) is 12.1 Å². The van der Waals surface area contributed by atoms with Gasteiger partial charge in [-0.25, -0.2) is 4.39 Å². The summed E-state index contributed by atoms with van der Waals surface area (Å²) in [4.78, 5) is 4.41. The van der Waals surface area contributed by atoms with Gasteiger partial charge in [-0.3, -0.25) is 4.68 Å². The van der Waals surface area contributed by atoms with Crippen LogP contribution in [0.3, 0.4) is 0 Å². The number of benzene rings is 1. The first-order chi connectivity index (χ1) is 12.7. The normalized spacial score (nSPS) is 17.3. The molecule has 1 aromatic carbocycles. The molecule has 1 aliphatic heterocycles. The van der Waals surface area contributed by atoms with Crippen LogP contribution in [-0.4, -0.2) is 47.9 Å². The lowest BCUT2D eigenvalue weighted by molar-refractivity contribution is 0.311. The molecule has 6 heteroatoms. The Hall–Kier alpha value is -1.92. The predicted octanol–water partition coefficient (Wildman–Crippen LogP) is 3.38. The van der Waals surface area contributed by atoms with Crippen molar-refractivity contribution in [1.82, 2.24) is 20.0 Å². The molecule has 0 amide bonds. The number of nitrogens with one attached hydrogen (secondary N) is 1. The van der Waals surface area contributed by atoms with Gasteiger partial charge in [-0.2, -0.15) is 5.10 Å². The van der Waals surface area contributed by atoms with E-state index in [2.05, 4.69) is 61.2 Å². The van der Waals surface area contributed by atoms with E-state index in [0.29, 0.717) is 12.2 Å². The molecule has 0 spiro atoms. The molecule has 2 aromatic rings. The van der Waals surface area contributed by atoms with Crippen molar-refractivity contribution in [3.8, 4) is 0 Å². The van der Waals surface area contributed by atoms with Gasteiger partial charge in [0.1, 0.15) is 5.82 Å². The van der Waals surface area contributed by atoms with Gasteiger partial charge in [-0.15, -0.1) is 0 Å². The van der Waals surface area contributed by atoms with Crippen molar-refractivity contribution in [3.05, 3.63) is 47.5 Å². The number of hydrogen-bond acceptors (Lipinski definition) is 4. The van der Waals surface area contributed by atoms with Crippen LogP contribution >= 0.6 is 0 Å². The standard InChI is InChI=1S/C21H32FN5/c1-16(23-13-17-14-24-27(15-17)21(2,3)4)18-6-7-20(19(22)12-18)26-10-8-25(5)9-11-26/h6-7,12,14-16,23H,8-11,13H2,1-5H3. The van der Waals surface area contributed by atoms with Crippen LogP contribution in [0.25, 0.3) is 0 Å². The smallest absolute Gasteiger partial charge is 0.146 e. The Morgan fingerprint density at radius 1 is 1.19 bits per heavy atom. The third-order valence-corrected chi connectivity index (χ3v) is 5.25. The molecule has 0 bridgehead atoms. The van der Waals surface area contributed by atoms with E-state index in [1.165, 1.54) is 0 Å². The zero-order valence-corrected chi connectivity index (χ0v) is 17.2. The first-order valence-electron chi connectivity index (χ1n) is 9.74. The van der Waals surface area contributed by atoms with Gasteiger partial charge < -0.3 is 15.1 Å². The maximum Gasteiger partial charge on any atom is 0.146 e. The highest BCUT2D eigenvalue weighted by Crippen LogP contribution is 2.25. The highest BCUT2D eigenvalue weighted by molar-refractivity contribution is 5.50. The lowest BCUT2D eigenvalue weighted by atomic mass is 10.1. The molecule has 1 aromatic heterocycles. The van der Waals surface area contributed by atoms with Gasteiger partial charge in [0.25, 0.3) is 0 Å². The summed E-state index contributed by atoms with van der Waals surface area (Å²) < 4.78 is 16.7. The summed E-state index contributed by atoms with van der Waals surface area (Å²) in [5, 5.41) is 7.90. The Morgan fingerprint density at radius 2 is 1.89 bits per heavy atom. The number of halogens is 1. The minimum absolute atomic E-state index is 0.0217. The molecule has 0 radical (unpaired) electrons. The molecule has 1 aliphatic rings. The largest absolute Gasteiger partial charge is 0.367 e. The predicted molar refractivity (Wildman–Crippen MR) is 109 cm³/mol. The summed E-state index contributed by atoms with van der Waals surface area (Å²) in [6.07, 6.45) is 3.96. The maximum atomic E-state index is 14.7. The monoisotopic (exact) mass is 373 g/mol. The van der Waals surface area contributed by atoms with E-state index in [0.717, 1.165) is 37.3 Å². The van der Waals surface area contributed by atoms with Gasteiger partial charge in [0.2, 0.25) is 0 Å². The molecule has 1 unspecified atom stereocenters. The van der Waals surface area contributed by atoms with Gasteiger partial charge in [0.05, 0.1) is 17.4 Å². The van der Waals surface area contributed by atoms with E-state index >= 15 is 0 Å². The number of rotatable bonds is 5. The average molecular weight is 374 g/mol. The third kappa shape index (κ3) is 4.87. The third-order valence-electron chi connectivity index (χ3n) is 5.25. The second kappa shape index (κ2) is 7.98. The molecule has 27 heavy (non-hydrogen) atoms. The minimum Gasteiger partial charge on any atom is -0.367 e. The Bertz CT molecular complexity index is 756. The van der Waals surface area contributed by atoms with Crippen molar-refractivity contribution < 1.29 is 4.39 Å². The second-order valence-electron chi connectivity index (χ2n) is 8.57.